The zero-order chi connectivity index (χ0) is 22.7. The second-order valence-corrected chi connectivity index (χ2v) is 8.07. The highest BCUT2D eigenvalue weighted by Gasteiger charge is 2.35. The van der Waals surface area contributed by atoms with Crippen LogP contribution in [-0.2, 0) is 35.8 Å². The number of hydrogen-bond donors (Lipinski definition) is 3. The average Bonchev–Trinajstić information content (AvgIpc) is 3.44. The normalized spacial score (nSPS) is 14.7. The second kappa shape index (κ2) is 9.52. The average molecular weight is 455 g/mol. The van der Waals surface area contributed by atoms with Crippen molar-refractivity contribution in [2.45, 2.75) is 38.4 Å². The Kier molecular flexibility index (Phi) is 6.55. The van der Waals surface area contributed by atoms with Crippen LogP contribution in [0.15, 0.2) is 60.8 Å². The van der Waals surface area contributed by atoms with E-state index in [2.05, 4.69) is 10.4 Å². The third-order valence-electron chi connectivity index (χ3n) is 5.40. The monoisotopic (exact) mass is 454 g/mol. The van der Waals surface area contributed by atoms with Gasteiger partial charge in [-0.1, -0.05) is 54.1 Å². The molecule has 3 aromatic rings. The predicted octanol–water partition coefficient (Wildman–Crippen LogP) is 1.47. The van der Waals surface area contributed by atoms with E-state index in [9.17, 15) is 19.8 Å². The van der Waals surface area contributed by atoms with Crippen LogP contribution in [0, 0.1) is 0 Å². The Hall–Kier alpha value is -3.20. The maximum Gasteiger partial charge on any atom is 0.255 e. The first-order valence-corrected chi connectivity index (χ1v) is 10.6. The van der Waals surface area contributed by atoms with E-state index in [1.807, 2.05) is 42.5 Å². The number of benzene rings is 2. The van der Waals surface area contributed by atoms with Gasteiger partial charge in [0.2, 0.25) is 0 Å². The zero-order valence-electron chi connectivity index (χ0n) is 17.2. The van der Waals surface area contributed by atoms with Gasteiger partial charge < -0.3 is 20.4 Å². The molecule has 3 N–H and O–H groups in total. The zero-order valence-corrected chi connectivity index (χ0v) is 17.9. The predicted molar refractivity (Wildman–Crippen MR) is 117 cm³/mol. The number of aliphatic hydroxyl groups excluding tert-OH is 2. The third-order valence-corrected chi connectivity index (χ3v) is 5.77. The molecule has 4 rings (SSSR count). The maximum absolute atomic E-state index is 12.5. The maximum atomic E-state index is 12.5. The number of halogens is 1. The standard InChI is InChI=1S/C23H23ClN4O4/c24-19-8-4-3-7-17(19)14-28-10-9-18(26-28)11-25-22(31)20(29)21(30)23(32)27-12-15-5-1-2-6-16(15)13-27/h1-10,20-21,29-30H,11-14H2,(H,25,31)/t20-,21?/m1/s1. The molecule has 32 heavy (non-hydrogen) atoms. The number of nitrogens with zero attached hydrogens (tertiary/aromatic N) is 3. The van der Waals surface area contributed by atoms with Gasteiger partial charge in [-0.05, 0) is 28.8 Å². The Morgan fingerprint density at radius 2 is 1.66 bits per heavy atom. The SMILES string of the molecule is O=C(NCc1ccn(Cc2ccccc2Cl)n1)[C@H](O)C(O)C(=O)N1Cc2ccccc2C1. The molecule has 1 aromatic heterocycles. The summed E-state index contributed by atoms with van der Waals surface area (Å²) < 4.78 is 1.68. The molecule has 0 saturated heterocycles. The number of fused-ring (bicyclic) bond motifs is 1. The second-order valence-electron chi connectivity index (χ2n) is 7.67. The Bertz CT molecular complexity index is 1110. The van der Waals surface area contributed by atoms with Crippen molar-refractivity contribution >= 4 is 23.4 Å². The van der Waals surface area contributed by atoms with Crippen molar-refractivity contribution in [3.05, 3.63) is 88.2 Å². The van der Waals surface area contributed by atoms with E-state index in [0.717, 1.165) is 16.7 Å². The minimum absolute atomic E-state index is 0.0431. The number of carbonyl (C=O) groups is 2. The van der Waals surface area contributed by atoms with E-state index >= 15 is 0 Å². The molecule has 1 unspecified atom stereocenters. The molecule has 8 nitrogen and oxygen atoms in total. The van der Waals surface area contributed by atoms with Crippen molar-refractivity contribution in [2.75, 3.05) is 0 Å². The number of amides is 2. The lowest BCUT2D eigenvalue weighted by Gasteiger charge is -2.22. The molecule has 9 heteroatoms. The fourth-order valence-corrected chi connectivity index (χ4v) is 3.82. The lowest BCUT2D eigenvalue weighted by Crippen LogP contribution is -2.49. The number of hydrogen-bond acceptors (Lipinski definition) is 5. The quantitative estimate of drug-likeness (QED) is 0.501. The summed E-state index contributed by atoms with van der Waals surface area (Å²) in [5.74, 6) is -1.53. The first-order chi connectivity index (χ1) is 15.4. The minimum Gasteiger partial charge on any atom is -0.380 e. The van der Waals surface area contributed by atoms with Gasteiger partial charge in [-0.2, -0.15) is 5.10 Å². The number of rotatable bonds is 7. The van der Waals surface area contributed by atoms with Gasteiger partial charge in [0.15, 0.2) is 12.2 Å². The van der Waals surface area contributed by atoms with Crippen LogP contribution < -0.4 is 5.32 Å². The molecule has 0 fully saturated rings. The van der Waals surface area contributed by atoms with E-state index in [0.29, 0.717) is 30.4 Å². The molecular weight excluding hydrogens is 432 g/mol. The summed E-state index contributed by atoms with van der Waals surface area (Å²) in [6.45, 7) is 1.19. The van der Waals surface area contributed by atoms with Crippen LogP contribution in [0.25, 0.3) is 0 Å². The summed E-state index contributed by atoms with van der Waals surface area (Å²) in [4.78, 5) is 26.3. The van der Waals surface area contributed by atoms with E-state index in [4.69, 9.17) is 11.6 Å². The van der Waals surface area contributed by atoms with Gasteiger partial charge in [0.05, 0.1) is 18.8 Å². The van der Waals surface area contributed by atoms with Crippen LogP contribution in [0.4, 0.5) is 0 Å². The number of nitrogens with one attached hydrogen (secondary N) is 1. The van der Waals surface area contributed by atoms with Crippen LogP contribution in [0.5, 0.6) is 0 Å². The summed E-state index contributed by atoms with van der Waals surface area (Å²) in [5.41, 5.74) is 3.45. The molecule has 0 bridgehead atoms. The number of carbonyl (C=O) groups excluding carboxylic acids is 2. The third kappa shape index (κ3) is 4.83. The summed E-state index contributed by atoms with van der Waals surface area (Å²) >= 11 is 6.17. The Balaban J connectivity index is 1.29. The Morgan fingerprint density at radius 3 is 2.34 bits per heavy atom. The van der Waals surface area contributed by atoms with Gasteiger partial charge in [-0.15, -0.1) is 0 Å². The lowest BCUT2D eigenvalue weighted by molar-refractivity contribution is -0.153. The lowest BCUT2D eigenvalue weighted by atomic mass is 10.1. The van der Waals surface area contributed by atoms with Gasteiger partial charge in [-0.25, -0.2) is 0 Å². The van der Waals surface area contributed by atoms with E-state index in [1.54, 1.807) is 23.0 Å². The highest BCUT2D eigenvalue weighted by molar-refractivity contribution is 6.31. The van der Waals surface area contributed by atoms with Crippen LogP contribution in [-0.4, -0.2) is 48.9 Å². The van der Waals surface area contributed by atoms with E-state index < -0.39 is 24.0 Å². The van der Waals surface area contributed by atoms with Crippen LogP contribution in [0.2, 0.25) is 5.02 Å². The van der Waals surface area contributed by atoms with E-state index in [1.165, 1.54) is 4.90 Å². The summed E-state index contributed by atoms with van der Waals surface area (Å²) in [6.07, 6.45) is -1.97. The highest BCUT2D eigenvalue weighted by Crippen LogP contribution is 2.23. The molecule has 2 atom stereocenters. The molecule has 2 amide bonds. The smallest absolute Gasteiger partial charge is 0.255 e. The molecule has 1 aliphatic rings. The molecule has 2 aromatic carbocycles. The minimum atomic E-state index is -1.88. The summed E-state index contributed by atoms with van der Waals surface area (Å²) in [5, 5.41) is 28.0. The molecule has 0 radical (unpaired) electrons. The molecule has 0 spiro atoms. The van der Waals surface area contributed by atoms with Crippen molar-refractivity contribution in [1.82, 2.24) is 20.0 Å². The van der Waals surface area contributed by atoms with Crippen molar-refractivity contribution < 1.29 is 19.8 Å². The Morgan fingerprint density at radius 1 is 1.00 bits per heavy atom. The van der Waals surface area contributed by atoms with Gasteiger partial charge in [0, 0.05) is 24.3 Å². The van der Waals surface area contributed by atoms with Gasteiger partial charge in [0.25, 0.3) is 11.8 Å². The van der Waals surface area contributed by atoms with Crippen molar-refractivity contribution in [2.24, 2.45) is 0 Å². The highest BCUT2D eigenvalue weighted by atomic mass is 35.5. The van der Waals surface area contributed by atoms with Crippen LogP contribution in [0.3, 0.4) is 0 Å². The first-order valence-electron chi connectivity index (χ1n) is 10.2. The van der Waals surface area contributed by atoms with Gasteiger partial charge in [0.1, 0.15) is 0 Å². The molecule has 0 saturated carbocycles. The molecule has 2 heterocycles. The number of aromatic nitrogens is 2. The van der Waals surface area contributed by atoms with E-state index in [-0.39, 0.29) is 6.54 Å². The summed E-state index contributed by atoms with van der Waals surface area (Å²) in [6, 6.07) is 16.7. The first kappa shape index (κ1) is 22.0. The van der Waals surface area contributed by atoms with Crippen molar-refractivity contribution in [3.8, 4) is 0 Å². The van der Waals surface area contributed by atoms with Crippen molar-refractivity contribution in [3.63, 3.8) is 0 Å². The topological polar surface area (TPSA) is 108 Å². The van der Waals surface area contributed by atoms with Crippen molar-refractivity contribution in [1.29, 1.82) is 0 Å². The fraction of sp³-hybridized carbons (Fsp3) is 0.261. The molecule has 0 aliphatic carbocycles. The van der Waals surface area contributed by atoms with Crippen LogP contribution in [0.1, 0.15) is 22.4 Å². The molecular formula is C23H23ClN4O4. The van der Waals surface area contributed by atoms with Crippen LogP contribution >= 0.6 is 11.6 Å². The Labute approximate surface area is 190 Å². The van der Waals surface area contributed by atoms with Gasteiger partial charge in [-0.3, -0.25) is 14.3 Å². The molecule has 166 valence electrons. The summed E-state index contributed by atoms with van der Waals surface area (Å²) in [7, 11) is 0. The number of aliphatic hydroxyl groups is 2. The van der Waals surface area contributed by atoms with Gasteiger partial charge >= 0.3 is 0 Å². The largest absolute Gasteiger partial charge is 0.380 e. The fourth-order valence-electron chi connectivity index (χ4n) is 3.62. The molecule has 1 aliphatic heterocycles.